The van der Waals surface area contributed by atoms with E-state index < -0.39 is 0 Å². The second-order valence-corrected chi connectivity index (χ2v) is 3.46. The van der Waals surface area contributed by atoms with Crippen LogP contribution in [0.15, 0.2) is 12.1 Å². The van der Waals surface area contributed by atoms with Crippen LogP contribution in [-0.4, -0.2) is 7.11 Å². The Kier molecular flexibility index (Phi) is 3.72. The molecule has 72 valence electrons. The topological polar surface area (TPSA) is 21.3 Å². The molecule has 0 heterocycles. The van der Waals surface area contributed by atoms with Gasteiger partial charge >= 0.3 is 0 Å². The Bertz CT molecular complexity index is 299. The Morgan fingerprint density at radius 3 is 2.69 bits per heavy atom. The smallest absolute Gasteiger partial charge is 0.0572 e. The summed E-state index contributed by atoms with van der Waals surface area (Å²) < 4.78 is 0. The Morgan fingerprint density at radius 2 is 2.08 bits per heavy atom. The lowest BCUT2D eigenvalue weighted by Crippen LogP contribution is -2.11. The van der Waals surface area contributed by atoms with Crippen LogP contribution in [0.3, 0.4) is 0 Å². The number of rotatable bonds is 3. The molecule has 0 aliphatic heterocycles. The SMILES string of the molecule is CONCc1cc(C)cc(C)c1Cl. The van der Waals surface area contributed by atoms with Crippen LogP contribution < -0.4 is 5.48 Å². The van der Waals surface area contributed by atoms with Gasteiger partial charge in [-0.05, 0) is 25.0 Å². The fourth-order valence-electron chi connectivity index (χ4n) is 1.32. The summed E-state index contributed by atoms with van der Waals surface area (Å²) in [5.41, 5.74) is 6.17. The van der Waals surface area contributed by atoms with Gasteiger partial charge in [-0.2, -0.15) is 5.48 Å². The molecule has 1 aromatic rings. The average molecular weight is 200 g/mol. The third kappa shape index (κ3) is 2.69. The molecule has 0 spiro atoms. The van der Waals surface area contributed by atoms with Crippen molar-refractivity contribution in [2.24, 2.45) is 0 Å². The van der Waals surface area contributed by atoms with Gasteiger partial charge in [0, 0.05) is 11.6 Å². The predicted octanol–water partition coefficient (Wildman–Crippen LogP) is 2.61. The second-order valence-electron chi connectivity index (χ2n) is 3.08. The maximum absolute atomic E-state index is 6.11. The first-order valence-corrected chi connectivity index (χ1v) is 4.54. The average Bonchev–Trinajstić information content (AvgIpc) is 2.09. The van der Waals surface area contributed by atoms with Gasteiger partial charge in [0.2, 0.25) is 0 Å². The van der Waals surface area contributed by atoms with E-state index in [-0.39, 0.29) is 0 Å². The number of halogens is 1. The van der Waals surface area contributed by atoms with Crippen molar-refractivity contribution in [2.75, 3.05) is 7.11 Å². The summed E-state index contributed by atoms with van der Waals surface area (Å²) in [7, 11) is 1.59. The van der Waals surface area contributed by atoms with E-state index in [0.29, 0.717) is 6.54 Å². The standard InChI is InChI=1S/C10H14ClNO/c1-7-4-8(2)10(11)9(5-7)6-12-13-3/h4-5,12H,6H2,1-3H3. The van der Waals surface area contributed by atoms with Gasteiger partial charge in [-0.1, -0.05) is 29.3 Å². The van der Waals surface area contributed by atoms with E-state index in [0.717, 1.165) is 16.1 Å². The van der Waals surface area contributed by atoms with E-state index in [9.17, 15) is 0 Å². The summed E-state index contributed by atoms with van der Waals surface area (Å²) in [6.45, 7) is 4.70. The molecule has 0 aromatic heterocycles. The molecule has 0 saturated heterocycles. The quantitative estimate of drug-likeness (QED) is 0.756. The molecule has 0 aliphatic rings. The zero-order chi connectivity index (χ0) is 9.84. The van der Waals surface area contributed by atoms with Crippen molar-refractivity contribution in [3.05, 3.63) is 33.8 Å². The molecule has 0 unspecified atom stereocenters. The van der Waals surface area contributed by atoms with E-state index in [1.165, 1.54) is 5.56 Å². The number of hydroxylamine groups is 1. The number of benzene rings is 1. The molecule has 3 heteroatoms. The van der Waals surface area contributed by atoms with Gasteiger partial charge in [0.1, 0.15) is 0 Å². The highest BCUT2D eigenvalue weighted by Crippen LogP contribution is 2.22. The minimum absolute atomic E-state index is 0.637. The van der Waals surface area contributed by atoms with Crippen LogP contribution in [-0.2, 0) is 11.4 Å². The highest BCUT2D eigenvalue weighted by molar-refractivity contribution is 6.32. The van der Waals surface area contributed by atoms with E-state index in [1.54, 1.807) is 7.11 Å². The van der Waals surface area contributed by atoms with Gasteiger partial charge in [-0.15, -0.1) is 0 Å². The molecular formula is C10H14ClNO. The molecule has 1 aromatic carbocycles. The summed E-state index contributed by atoms with van der Waals surface area (Å²) >= 11 is 6.11. The van der Waals surface area contributed by atoms with Gasteiger partial charge < -0.3 is 4.84 Å². The number of hydrogen-bond acceptors (Lipinski definition) is 2. The van der Waals surface area contributed by atoms with Crippen LogP contribution in [0.1, 0.15) is 16.7 Å². The zero-order valence-electron chi connectivity index (χ0n) is 8.15. The van der Waals surface area contributed by atoms with Gasteiger partial charge in [-0.3, -0.25) is 0 Å². The van der Waals surface area contributed by atoms with Crippen LogP contribution >= 0.6 is 11.6 Å². The third-order valence-corrected chi connectivity index (χ3v) is 2.42. The lowest BCUT2D eigenvalue weighted by atomic mass is 10.1. The van der Waals surface area contributed by atoms with Crippen molar-refractivity contribution in [1.29, 1.82) is 0 Å². The Morgan fingerprint density at radius 1 is 1.38 bits per heavy atom. The first-order chi connectivity index (χ1) is 6.15. The van der Waals surface area contributed by atoms with E-state index in [2.05, 4.69) is 24.5 Å². The summed E-state index contributed by atoms with van der Waals surface area (Å²) in [5, 5.41) is 0.815. The molecule has 1 rings (SSSR count). The van der Waals surface area contributed by atoms with Crippen LogP contribution in [0.25, 0.3) is 0 Å². The van der Waals surface area contributed by atoms with Crippen molar-refractivity contribution < 1.29 is 4.84 Å². The molecule has 13 heavy (non-hydrogen) atoms. The zero-order valence-corrected chi connectivity index (χ0v) is 8.90. The van der Waals surface area contributed by atoms with Gasteiger partial charge in [0.15, 0.2) is 0 Å². The van der Waals surface area contributed by atoms with E-state index >= 15 is 0 Å². The second kappa shape index (κ2) is 4.61. The van der Waals surface area contributed by atoms with E-state index in [4.69, 9.17) is 16.4 Å². The molecule has 0 aliphatic carbocycles. The Hall–Kier alpha value is -0.570. The fourth-order valence-corrected chi connectivity index (χ4v) is 1.49. The molecule has 0 radical (unpaired) electrons. The summed E-state index contributed by atoms with van der Waals surface area (Å²) in [5.74, 6) is 0. The Balaban J connectivity index is 2.92. The third-order valence-electron chi connectivity index (χ3n) is 1.88. The molecule has 0 saturated carbocycles. The van der Waals surface area contributed by atoms with Crippen LogP contribution in [0.4, 0.5) is 0 Å². The molecule has 2 nitrogen and oxygen atoms in total. The highest BCUT2D eigenvalue weighted by Gasteiger charge is 2.03. The molecule has 1 N–H and O–H groups in total. The predicted molar refractivity (Wildman–Crippen MR) is 54.8 cm³/mol. The van der Waals surface area contributed by atoms with Crippen molar-refractivity contribution in [3.8, 4) is 0 Å². The van der Waals surface area contributed by atoms with Gasteiger partial charge in [-0.25, -0.2) is 0 Å². The summed E-state index contributed by atoms with van der Waals surface area (Å²) in [4.78, 5) is 4.77. The molecule has 0 amide bonds. The maximum atomic E-state index is 6.11. The van der Waals surface area contributed by atoms with Crippen molar-refractivity contribution >= 4 is 11.6 Å². The number of hydrogen-bond donors (Lipinski definition) is 1. The Labute approximate surface area is 83.8 Å². The number of nitrogens with one attached hydrogen (secondary N) is 1. The highest BCUT2D eigenvalue weighted by atomic mass is 35.5. The monoisotopic (exact) mass is 199 g/mol. The first kappa shape index (κ1) is 10.5. The minimum atomic E-state index is 0.637. The van der Waals surface area contributed by atoms with Crippen molar-refractivity contribution in [1.82, 2.24) is 5.48 Å². The molecule has 0 atom stereocenters. The first-order valence-electron chi connectivity index (χ1n) is 4.16. The van der Waals surface area contributed by atoms with E-state index in [1.807, 2.05) is 6.92 Å². The van der Waals surface area contributed by atoms with Crippen LogP contribution in [0.5, 0.6) is 0 Å². The molecular weight excluding hydrogens is 186 g/mol. The minimum Gasteiger partial charge on any atom is -0.305 e. The summed E-state index contributed by atoms with van der Waals surface area (Å²) in [6, 6.07) is 4.12. The number of aryl methyl sites for hydroxylation is 2. The molecule has 0 bridgehead atoms. The molecule has 0 fully saturated rings. The van der Waals surface area contributed by atoms with Crippen LogP contribution in [0.2, 0.25) is 5.02 Å². The fraction of sp³-hybridized carbons (Fsp3) is 0.400. The lowest BCUT2D eigenvalue weighted by Gasteiger charge is -2.08. The van der Waals surface area contributed by atoms with Gasteiger partial charge in [0.05, 0.1) is 7.11 Å². The van der Waals surface area contributed by atoms with Crippen LogP contribution in [0, 0.1) is 13.8 Å². The summed E-state index contributed by atoms with van der Waals surface area (Å²) in [6.07, 6.45) is 0. The maximum Gasteiger partial charge on any atom is 0.0572 e. The normalized spacial score (nSPS) is 10.5. The van der Waals surface area contributed by atoms with Crippen molar-refractivity contribution in [3.63, 3.8) is 0 Å². The van der Waals surface area contributed by atoms with Crippen molar-refractivity contribution in [2.45, 2.75) is 20.4 Å². The lowest BCUT2D eigenvalue weighted by molar-refractivity contribution is 0.0867. The van der Waals surface area contributed by atoms with Gasteiger partial charge in [0.25, 0.3) is 0 Å². The largest absolute Gasteiger partial charge is 0.305 e.